The van der Waals surface area contributed by atoms with Gasteiger partial charge in [0.05, 0.1) is 11.8 Å². The van der Waals surface area contributed by atoms with Crippen molar-refractivity contribution in [3.05, 3.63) is 54.6 Å². The predicted octanol–water partition coefficient (Wildman–Crippen LogP) is 4.28. The number of rotatable bonds is 5. The Kier molecular flexibility index (Phi) is 5.70. The molecule has 0 amide bonds. The molecule has 3 heteroatoms. The van der Waals surface area contributed by atoms with Crippen molar-refractivity contribution in [3.63, 3.8) is 0 Å². The molecular formula is C19H25N3. The molecule has 0 bridgehead atoms. The minimum atomic E-state index is -0.0558. The van der Waals surface area contributed by atoms with E-state index < -0.39 is 0 Å². The number of hydrogen-bond acceptors (Lipinski definition) is 3. The van der Waals surface area contributed by atoms with E-state index in [0.717, 1.165) is 18.0 Å². The molecule has 0 fully saturated rings. The van der Waals surface area contributed by atoms with E-state index in [1.54, 1.807) is 0 Å². The van der Waals surface area contributed by atoms with Gasteiger partial charge in [-0.3, -0.25) is 9.98 Å². The standard InChI is InChI=1S/C19H25N3/c1-5-11-17(20-7-3)19-21-15(4)18(12-6-2)22(19)16-13-9-8-10-14-16/h5-6,8-14,18-19H,7H2,1-4H3/b11-5-,12-6-,20-17?. The van der Waals surface area contributed by atoms with E-state index in [1.165, 1.54) is 5.69 Å². The molecule has 22 heavy (non-hydrogen) atoms. The summed E-state index contributed by atoms with van der Waals surface area (Å²) in [6, 6.07) is 10.6. The lowest BCUT2D eigenvalue weighted by Crippen LogP contribution is -2.42. The first-order chi connectivity index (χ1) is 10.7. The van der Waals surface area contributed by atoms with Crippen molar-refractivity contribution < 1.29 is 0 Å². The number of aliphatic imine (C=N–C) groups is 2. The van der Waals surface area contributed by atoms with E-state index in [2.05, 4.69) is 73.2 Å². The van der Waals surface area contributed by atoms with Crippen molar-refractivity contribution in [2.75, 3.05) is 11.4 Å². The molecule has 1 aliphatic heterocycles. The molecule has 0 radical (unpaired) electrons. The van der Waals surface area contributed by atoms with E-state index in [-0.39, 0.29) is 12.2 Å². The van der Waals surface area contributed by atoms with E-state index >= 15 is 0 Å². The van der Waals surface area contributed by atoms with Crippen LogP contribution in [0.25, 0.3) is 0 Å². The second-order valence-corrected chi connectivity index (χ2v) is 5.26. The Hall–Kier alpha value is -2.16. The van der Waals surface area contributed by atoms with Gasteiger partial charge in [0.25, 0.3) is 0 Å². The Balaban J connectivity index is 2.48. The molecule has 0 saturated carbocycles. The molecule has 1 aromatic rings. The first kappa shape index (κ1) is 16.2. The zero-order valence-corrected chi connectivity index (χ0v) is 13.9. The van der Waals surface area contributed by atoms with E-state index in [1.807, 2.05) is 19.1 Å². The lowest BCUT2D eigenvalue weighted by molar-refractivity contribution is 0.794. The summed E-state index contributed by atoms with van der Waals surface area (Å²) in [5.74, 6) is 0. The third-order valence-electron chi connectivity index (χ3n) is 3.69. The Morgan fingerprint density at radius 2 is 1.95 bits per heavy atom. The summed E-state index contributed by atoms with van der Waals surface area (Å²) in [5.41, 5.74) is 3.31. The molecule has 3 nitrogen and oxygen atoms in total. The summed E-state index contributed by atoms with van der Waals surface area (Å²) in [6.07, 6.45) is 8.34. The van der Waals surface area contributed by atoms with E-state index in [4.69, 9.17) is 4.99 Å². The van der Waals surface area contributed by atoms with Crippen molar-refractivity contribution >= 4 is 17.1 Å². The first-order valence-corrected chi connectivity index (χ1v) is 7.90. The van der Waals surface area contributed by atoms with Crippen molar-refractivity contribution in [1.29, 1.82) is 0 Å². The van der Waals surface area contributed by atoms with Crippen LogP contribution in [0.15, 0.2) is 64.6 Å². The third-order valence-corrected chi connectivity index (χ3v) is 3.69. The lowest BCUT2D eigenvalue weighted by Gasteiger charge is -2.30. The quantitative estimate of drug-likeness (QED) is 0.588. The molecular weight excluding hydrogens is 270 g/mol. The van der Waals surface area contributed by atoms with Gasteiger partial charge in [-0.25, -0.2) is 0 Å². The molecule has 2 unspecified atom stereocenters. The van der Waals surface area contributed by atoms with Crippen LogP contribution in [-0.2, 0) is 0 Å². The van der Waals surface area contributed by atoms with Crippen LogP contribution in [0.4, 0.5) is 5.69 Å². The van der Waals surface area contributed by atoms with Gasteiger partial charge in [-0.2, -0.15) is 0 Å². The number of hydrogen-bond donors (Lipinski definition) is 0. The highest BCUT2D eigenvalue weighted by atomic mass is 15.3. The van der Waals surface area contributed by atoms with Crippen molar-refractivity contribution in [2.24, 2.45) is 9.98 Å². The van der Waals surface area contributed by atoms with Gasteiger partial charge in [0.1, 0.15) is 0 Å². The van der Waals surface area contributed by atoms with Gasteiger partial charge in [-0.1, -0.05) is 36.4 Å². The highest BCUT2D eigenvalue weighted by Crippen LogP contribution is 2.28. The number of anilines is 1. The normalized spacial score (nSPS) is 22.8. The van der Waals surface area contributed by atoms with Gasteiger partial charge >= 0.3 is 0 Å². The smallest absolute Gasteiger partial charge is 0.164 e. The number of allylic oxidation sites excluding steroid dienone is 2. The molecule has 0 N–H and O–H groups in total. The highest BCUT2D eigenvalue weighted by molar-refractivity contribution is 6.07. The molecule has 2 rings (SSSR count). The molecule has 0 saturated heterocycles. The van der Waals surface area contributed by atoms with Gasteiger partial charge in [-0.05, 0) is 45.9 Å². The Bertz CT molecular complexity index is 596. The zero-order chi connectivity index (χ0) is 15.9. The molecule has 0 aliphatic carbocycles. The maximum absolute atomic E-state index is 4.89. The molecule has 1 aliphatic rings. The predicted molar refractivity (Wildman–Crippen MR) is 97.2 cm³/mol. The maximum Gasteiger partial charge on any atom is 0.164 e. The van der Waals surface area contributed by atoms with Gasteiger partial charge in [-0.15, -0.1) is 0 Å². The summed E-state index contributed by atoms with van der Waals surface area (Å²) in [7, 11) is 0. The van der Waals surface area contributed by atoms with Crippen LogP contribution < -0.4 is 4.90 Å². The fraction of sp³-hybridized carbons (Fsp3) is 0.368. The van der Waals surface area contributed by atoms with Gasteiger partial charge in [0.2, 0.25) is 0 Å². The summed E-state index contributed by atoms with van der Waals surface area (Å²) in [5, 5.41) is 0. The van der Waals surface area contributed by atoms with Crippen LogP contribution in [0.3, 0.4) is 0 Å². The van der Waals surface area contributed by atoms with Gasteiger partial charge < -0.3 is 4.90 Å². The van der Waals surface area contributed by atoms with Crippen LogP contribution in [0.5, 0.6) is 0 Å². The molecule has 1 heterocycles. The number of para-hydroxylation sites is 1. The van der Waals surface area contributed by atoms with Crippen LogP contribution in [0.2, 0.25) is 0 Å². The SMILES string of the molecule is C/C=C\C(=NCC)C1N=C(C)C(/C=C\C)N1c1ccccc1. The Labute approximate surface area is 133 Å². The monoisotopic (exact) mass is 295 g/mol. The largest absolute Gasteiger partial charge is 0.333 e. The summed E-state index contributed by atoms with van der Waals surface area (Å²) in [6.45, 7) is 9.00. The second-order valence-electron chi connectivity index (χ2n) is 5.26. The number of nitrogens with zero attached hydrogens (tertiary/aromatic N) is 3. The van der Waals surface area contributed by atoms with Crippen molar-refractivity contribution in [1.82, 2.24) is 0 Å². The number of benzene rings is 1. The van der Waals surface area contributed by atoms with Crippen LogP contribution in [0.1, 0.15) is 27.7 Å². The summed E-state index contributed by atoms with van der Waals surface area (Å²) in [4.78, 5) is 11.9. The average Bonchev–Trinajstić information content (AvgIpc) is 2.85. The zero-order valence-electron chi connectivity index (χ0n) is 13.9. The third kappa shape index (κ3) is 3.35. The molecule has 1 aromatic carbocycles. The molecule has 116 valence electrons. The minimum absolute atomic E-state index is 0.0558. The van der Waals surface area contributed by atoms with Crippen LogP contribution in [-0.4, -0.2) is 30.2 Å². The molecule has 0 spiro atoms. The highest BCUT2D eigenvalue weighted by Gasteiger charge is 2.34. The van der Waals surface area contributed by atoms with Gasteiger partial charge in [0.15, 0.2) is 6.17 Å². The summed E-state index contributed by atoms with van der Waals surface area (Å²) >= 11 is 0. The summed E-state index contributed by atoms with van der Waals surface area (Å²) < 4.78 is 0. The Morgan fingerprint density at radius 3 is 2.55 bits per heavy atom. The van der Waals surface area contributed by atoms with Gasteiger partial charge in [0, 0.05) is 17.9 Å². The minimum Gasteiger partial charge on any atom is -0.333 e. The second kappa shape index (κ2) is 7.74. The van der Waals surface area contributed by atoms with E-state index in [0.29, 0.717) is 0 Å². The van der Waals surface area contributed by atoms with E-state index in [9.17, 15) is 0 Å². The van der Waals surface area contributed by atoms with Crippen LogP contribution >= 0.6 is 0 Å². The van der Waals surface area contributed by atoms with Crippen LogP contribution in [0, 0.1) is 0 Å². The van der Waals surface area contributed by atoms with Crippen molar-refractivity contribution in [3.8, 4) is 0 Å². The molecule has 2 atom stereocenters. The fourth-order valence-corrected chi connectivity index (χ4v) is 2.78. The first-order valence-electron chi connectivity index (χ1n) is 7.90. The lowest BCUT2D eigenvalue weighted by atomic mass is 10.1. The Morgan fingerprint density at radius 1 is 1.23 bits per heavy atom. The molecule has 0 aromatic heterocycles. The topological polar surface area (TPSA) is 28.0 Å². The maximum atomic E-state index is 4.89. The van der Waals surface area contributed by atoms with Crippen molar-refractivity contribution in [2.45, 2.75) is 39.9 Å². The fourth-order valence-electron chi connectivity index (χ4n) is 2.78. The average molecular weight is 295 g/mol.